The van der Waals surface area contributed by atoms with Crippen molar-refractivity contribution in [2.75, 3.05) is 6.61 Å². The highest BCUT2D eigenvalue weighted by Gasteiger charge is 2.01. The summed E-state index contributed by atoms with van der Waals surface area (Å²) >= 11 is 0. The van der Waals surface area contributed by atoms with Crippen molar-refractivity contribution in [1.29, 1.82) is 0 Å². The van der Waals surface area contributed by atoms with Crippen LogP contribution in [-0.2, 0) is 6.42 Å². The van der Waals surface area contributed by atoms with Crippen molar-refractivity contribution in [2.24, 2.45) is 0 Å². The van der Waals surface area contributed by atoms with Crippen LogP contribution in [0.1, 0.15) is 44.6 Å². The summed E-state index contributed by atoms with van der Waals surface area (Å²) in [5, 5.41) is 0. The van der Waals surface area contributed by atoms with Gasteiger partial charge in [-0.3, -0.25) is 0 Å². The molecular weight excluding hydrogens is 208 g/mol. The largest absolute Gasteiger partial charge is 0.494 e. The summed E-state index contributed by atoms with van der Waals surface area (Å²) in [6, 6.07) is 8.37. The van der Waals surface area contributed by atoms with Crippen LogP contribution in [0.3, 0.4) is 0 Å². The van der Waals surface area contributed by atoms with E-state index in [0.717, 1.165) is 25.2 Å². The Kier molecular flexibility index (Phi) is 7.20. The van der Waals surface area contributed by atoms with Crippen molar-refractivity contribution in [1.82, 2.24) is 0 Å². The SMILES string of the molecule is C=CCCCCCCc1ccccc1OCC. The van der Waals surface area contributed by atoms with Crippen molar-refractivity contribution in [2.45, 2.75) is 45.4 Å². The first-order chi connectivity index (χ1) is 8.38. The molecule has 0 saturated carbocycles. The van der Waals surface area contributed by atoms with Crippen LogP contribution in [-0.4, -0.2) is 6.61 Å². The van der Waals surface area contributed by atoms with Gasteiger partial charge in [0, 0.05) is 0 Å². The number of aryl methyl sites for hydroxylation is 1. The Morgan fingerprint density at radius 3 is 2.65 bits per heavy atom. The maximum Gasteiger partial charge on any atom is 0.122 e. The zero-order valence-electron chi connectivity index (χ0n) is 11.0. The van der Waals surface area contributed by atoms with E-state index >= 15 is 0 Å². The summed E-state index contributed by atoms with van der Waals surface area (Å²) < 4.78 is 5.62. The van der Waals surface area contributed by atoms with Crippen LogP contribution in [0.5, 0.6) is 5.75 Å². The molecule has 0 aliphatic rings. The normalized spacial score (nSPS) is 10.2. The van der Waals surface area contributed by atoms with Gasteiger partial charge < -0.3 is 4.74 Å². The van der Waals surface area contributed by atoms with Crippen molar-refractivity contribution in [3.63, 3.8) is 0 Å². The molecule has 1 aromatic rings. The molecule has 0 unspecified atom stereocenters. The number of para-hydroxylation sites is 1. The Morgan fingerprint density at radius 1 is 1.12 bits per heavy atom. The van der Waals surface area contributed by atoms with Gasteiger partial charge in [0.2, 0.25) is 0 Å². The van der Waals surface area contributed by atoms with E-state index in [2.05, 4.69) is 24.8 Å². The maximum absolute atomic E-state index is 5.62. The predicted molar refractivity (Wildman–Crippen MR) is 74.6 cm³/mol. The Morgan fingerprint density at radius 2 is 1.88 bits per heavy atom. The van der Waals surface area contributed by atoms with E-state index in [9.17, 15) is 0 Å². The lowest BCUT2D eigenvalue weighted by Crippen LogP contribution is -1.96. The van der Waals surface area contributed by atoms with Gasteiger partial charge in [-0.2, -0.15) is 0 Å². The molecule has 0 spiro atoms. The van der Waals surface area contributed by atoms with E-state index in [4.69, 9.17) is 4.74 Å². The molecule has 0 radical (unpaired) electrons. The molecule has 1 heteroatoms. The van der Waals surface area contributed by atoms with Crippen LogP contribution in [0.25, 0.3) is 0 Å². The second-order valence-corrected chi connectivity index (χ2v) is 4.28. The minimum Gasteiger partial charge on any atom is -0.494 e. The molecule has 0 N–H and O–H groups in total. The number of benzene rings is 1. The fourth-order valence-corrected chi connectivity index (χ4v) is 1.96. The fourth-order valence-electron chi connectivity index (χ4n) is 1.96. The van der Waals surface area contributed by atoms with Gasteiger partial charge in [-0.05, 0) is 44.2 Å². The van der Waals surface area contributed by atoms with Crippen LogP contribution < -0.4 is 4.74 Å². The molecule has 0 bridgehead atoms. The minimum atomic E-state index is 0.746. The van der Waals surface area contributed by atoms with Gasteiger partial charge in [0.25, 0.3) is 0 Å². The lowest BCUT2D eigenvalue weighted by molar-refractivity contribution is 0.336. The van der Waals surface area contributed by atoms with Gasteiger partial charge in [-0.1, -0.05) is 37.1 Å². The highest BCUT2D eigenvalue weighted by atomic mass is 16.5. The van der Waals surface area contributed by atoms with Gasteiger partial charge in [0.05, 0.1) is 6.61 Å². The zero-order valence-corrected chi connectivity index (χ0v) is 11.0. The molecule has 0 aromatic heterocycles. The first kappa shape index (κ1) is 13.8. The van der Waals surface area contributed by atoms with Crippen molar-refractivity contribution in [3.05, 3.63) is 42.5 Å². The standard InChI is InChI=1S/C16H24O/c1-3-5-6-7-8-9-12-15-13-10-11-14-16(15)17-4-2/h3,10-11,13-14H,1,4-9,12H2,2H3. The molecule has 1 nitrogen and oxygen atoms in total. The molecule has 1 rings (SSSR count). The van der Waals surface area contributed by atoms with Crippen molar-refractivity contribution in [3.8, 4) is 5.75 Å². The predicted octanol–water partition coefficient (Wildman–Crippen LogP) is 4.76. The van der Waals surface area contributed by atoms with Crippen LogP contribution in [0.2, 0.25) is 0 Å². The van der Waals surface area contributed by atoms with Gasteiger partial charge >= 0.3 is 0 Å². The van der Waals surface area contributed by atoms with Crippen LogP contribution in [0.4, 0.5) is 0 Å². The first-order valence-corrected chi connectivity index (χ1v) is 6.70. The summed E-state index contributed by atoms with van der Waals surface area (Å²) in [5.74, 6) is 1.06. The van der Waals surface area contributed by atoms with Crippen LogP contribution in [0, 0.1) is 0 Å². The van der Waals surface area contributed by atoms with E-state index in [1.54, 1.807) is 0 Å². The number of ether oxygens (including phenoxy) is 1. The molecule has 0 amide bonds. The van der Waals surface area contributed by atoms with Crippen molar-refractivity contribution < 1.29 is 4.74 Å². The molecular formula is C16H24O. The third kappa shape index (κ3) is 5.58. The summed E-state index contributed by atoms with van der Waals surface area (Å²) in [4.78, 5) is 0. The second-order valence-electron chi connectivity index (χ2n) is 4.28. The van der Waals surface area contributed by atoms with E-state index in [1.807, 2.05) is 19.1 Å². The summed E-state index contributed by atoms with van der Waals surface area (Å²) in [7, 11) is 0. The smallest absolute Gasteiger partial charge is 0.122 e. The van der Waals surface area contributed by atoms with Gasteiger partial charge in [0.15, 0.2) is 0 Å². The number of hydrogen-bond acceptors (Lipinski definition) is 1. The van der Waals surface area contributed by atoms with Crippen LogP contribution in [0.15, 0.2) is 36.9 Å². The molecule has 0 heterocycles. The number of hydrogen-bond donors (Lipinski definition) is 0. The maximum atomic E-state index is 5.62. The average Bonchev–Trinajstić information content (AvgIpc) is 2.36. The molecule has 17 heavy (non-hydrogen) atoms. The summed E-state index contributed by atoms with van der Waals surface area (Å²) in [6.07, 6.45) is 9.42. The average molecular weight is 232 g/mol. The quantitative estimate of drug-likeness (QED) is 0.440. The molecule has 0 aliphatic heterocycles. The summed E-state index contributed by atoms with van der Waals surface area (Å²) in [5.41, 5.74) is 1.35. The van der Waals surface area contributed by atoms with Gasteiger partial charge in [-0.15, -0.1) is 6.58 Å². The zero-order chi connectivity index (χ0) is 12.3. The number of rotatable bonds is 9. The highest BCUT2D eigenvalue weighted by Crippen LogP contribution is 2.20. The Bertz CT molecular complexity index is 317. The number of unbranched alkanes of at least 4 members (excludes halogenated alkanes) is 4. The number of allylic oxidation sites excluding steroid dienone is 1. The Balaban J connectivity index is 2.28. The van der Waals surface area contributed by atoms with Gasteiger partial charge in [-0.25, -0.2) is 0 Å². The molecule has 1 aromatic carbocycles. The third-order valence-electron chi connectivity index (χ3n) is 2.88. The highest BCUT2D eigenvalue weighted by molar-refractivity contribution is 5.33. The summed E-state index contributed by atoms with van der Waals surface area (Å²) in [6.45, 7) is 6.52. The van der Waals surface area contributed by atoms with E-state index in [0.29, 0.717) is 0 Å². The fraction of sp³-hybridized carbons (Fsp3) is 0.500. The van der Waals surface area contributed by atoms with Crippen molar-refractivity contribution >= 4 is 0 Å². The van der Waals surface area contributed by atoms with E-state index in [-0.39, 0.29) is 0 Å². The van der Waals surface area contributed by atoms with E-state index in [1.165, 1.54) is 31.2 Å². The first-order valence-electron chi connectivity index (χ1n) is 6.70. The topological polar surface area (TPSA) is 9.23 Å². The molecule has 94 valence electrons. The van der Waals surface area contributed by atoms with Gasteiger partial charge in [0.1, 0.15) is 5.75 Å². The molecule has 0 aliphatic carbocycles. The molecule has 0 saturated heterocycles. The lowest BCUT2D eigenvalue weighted by atomic mass is 10.0. The monoisotopic (exact) mass is 232 g/mol. The second kappa shape index (κ2) is 8.86. The lowest BCUT2D eigenvalue weighted by Gasteiger charge is -2.09. The third-order valence-corrected chi connectivity index (χ3v) is 2.88. The minimum absolute atomic E-state index is 0.746. The Labute approximate surface area is 106 Å². The van der Waals surface area contributed by atoms with E-state index < -0.39 is 0 Å². The van der Waals surface area contributed by atoms with Crippen LogP contribution >= 0.6 is 0 Å². The Hall–Kier alpha value is -1.24. The molecule has 0 atom stereocenters. The molecule has 0 fully saturated rings.